The van der Waals surface area contributed by atoms with E-state index >= 15 is 0 Å². The molecule has 0 aliphatic carbocycles. The monoisotopic (exact) mass is 193 g/mol. The van der Waals surface area contributed by atoms with Crippen molar-refractivity contribution in [3.8, 4) is 0 Å². The first-order chi connectivity index (χ1) is 6.16. The van der Waals surface area contributed by atoms with Gasteiger partial charge in [-0.25, -0.2) is 4.98 Å². The number of nitrogens with two attached hydrogens (primary N) is 1. The van der Waals surface area contributed by atoms with Crippen LogP contribution in [0, 0.1) is 6.92 Å². The molecule has 2 rings (SSSR count). The van der Waals surface area contributed by atoms with Crippen LogP contribution in [0.5, 0.6) is 0 Å². The third kappa shape index (κ3) is 1.55. The number of aromatic nitrogens is 2. The minimum atomic E-state index is 0.0118. The van der Waals surface area contributed by atoms with Crippen LogP contribution in [-0.4, -0.2) is 9.97 Å². The van der Waals surface area contributed by atoms with Crippen molar-refractivity contribution in [1.29, 1.82) is 0 Å². The minimum absolute atomic E-state index is 0.0118. The topological polar surface area (TPSA) is 51.8 Å². The molecule has 68 valence electrons. The van der Waals surface area contributed by atoms with E-state index in [1.54, 1.807) is 11.3 Å². The molecule has 2 N–H and O–H groups in total. The number of aryl methyl sites for hydroxylation is 1. The number of hydrogen-bond acceptors (Lipinski definition) is 4. The smallest absolute Gasteiger partial charge is 0.110 e. The van der Waals surface area contributed by atoms with Gasteiger partial charge < -0.3 is 5.73 Å². The van der Waals surface area contributed by atoms with Crippen molar-refractivity contribution >= 4 is 21.6 Å². The second-order valence-corrected chi connectivity index (χ2v) is 4.20. The normalized spacial score (nSPS) is 13.5. The summed E-state index contributed by atoms with van der Waals surface area (Å²) in [5.74, 6) is 0. The number of pyridine rings is 1. The van der Waals surface area contributed by atoms with Crippen LogP contribution >= 0.6 is 11.3 Å². The highest BCUT2D eigenvalue weighted by atomic mass is 32.1. The lowest BCUT2D eigenvalue weighted by Gasteiger charge is -1.95. The van der Waals surface area contributed by atoms with E-state index < -0.39 is 0 Å². The van der Waals surface area contributed by atoms with Crippen LogP contribution in [0.4, 0.5) is 0 Å². The molecule has 0 spiro atoms. The molecule has 0 saturated carbocycles. The van der Waals surface area contributed by atoms with Crippen molar-refractivity contribution in [3.63, 3.8) is 0 Å². The molecule has 0 bridgehead atoms. The lowest BCUT2D eigenvalue weighted by atomic mass is 10.3. The molecular weight excluding hydrogens is 182 g/mol. The third-order valence-corrected chi connectivity index (χ3v) is 3.02. The summed E-state index contributed by atoms with van der Waals surface area (Å²) in [6.45, 7) is 3.91. The second kappa shape index (κ2) is 3.05. The molecule has 0 amide bonds. The van der Waals surface area contributed by atoms with Crippen LogP contribution in [0.3, 0.4) is 0 Å². The number of thiazole rings is 1. The first-order valence-electron chi connectivity index (χ1n) is 4.15. The number of rotatable bonds is 1. The van der Waals surface area contributed by atoms with E-state index in [0.717, 1.165) is 20.9 Å². The fourth-order valence-electron chi connectivity index (χ4n) is 1.15. The number of hydrogen-bond donors (Lipinski definition) is 1. The number of fused-ring (bicyclic) bond motifs is 1. The van der Waals surface area contributed by atoms with E-state index in [4.69, 9.17) is 5.73 Å². The fourth-order valence-corrected chi connectivity index (χ4v) is 2.02. The second-order valence-electron chi connectivity index (χ2n) is 3.13. The van der Waals surface area contributed by atoms with Crippen molar-refractivity contribution in [3.05, 3.63) is 23.0 Å². The van der Waals surface area contributed by atoms with E-state index in [9.17, 15) is 0 Å². The number of nitrogens with zero attached hydrogens (tertiary/aromatic N) is 2. The van der Waals surface area contributed by atoms with Gasteiger partial charge in [-0.15, -0.1) is 11.3 Å². The zero-order chi connectivity index (χ0) is 9.42. The van der Waals surface area contributed by atoms with E-state index in [2.05, 4.69) is 9.97 Å². The highest BCUT2D eigenvalue weighted by Gasteiger charge is 2.07. The van der Waals surface area contributed by atoms with Gasteiger partial charge in [-0.3, -0.25) is 4.98 Å². The minimum Gasteiger partial charge on any atom is -0.322 e. The molecule has 2 aromatic heterocycles. The average Bonchev–Trinajstić information content (AvgIpc) is 2.46. The van der Waals surface area contributed by atoms with Gasteiger partial charge in [0.25, 0.3) is 0 Å². The standard InChI is InChI=1S/C9H11N3S/c1-5-3-7-8(4-11-5)13-9(12-7)6(2)10/h3-4,6H,10H2,1-2H3. The summed E-state index contributed by atoms with van der Waals surface area (Å²) in [5, 5.41) is 0.974. The SMILES string of the molecule is Cc1cc2nc(C(C)N)sc2cn1. The van der Waals surface area contributed by atoms with E-state index in [1.165, 1.54) is 0 Å². The van der Waals surface area contributed by atoms with Crippen LogP contribution < -0.4 is 5.73 Å². The van der Waals surface area contributed by atoms with Crippen LogP contribution in [0.15, 0.2) is 12.3 Å². The van der Waals surface area contributed by atoms with Gasteiger partial charge in [0.1, 0.15) is 5.01 Å². The molecule has 0 aliphatic heterocycles. The Morgan fingerprint density at radius 2 is 2.31 bits per heavy atom. The molecule has 0 aliphatic rings. The Hall–Kier alpha value is -1.00. The third-order valence-electron chi connectivity index (χ3n) is 1.82. The molecule has 0 radical (unpaired) electrons. The van der Waals surface area contributed by atoms with Gasteiger partial charge in [-0.1, -0.05) is 0 Å². The van der Waals surface area contributed by atoms with Gasteiger partial charge in [-0.05, 0) is 19.9 Å². The molecule has 0 aromatic carbocycles. The van der Waals surface area contributed by atoms with Gasteiger partial charge in [-0.2, -0.15) is 0 Å². The molecule has 13 heavy (non-hydrogen) atoms. The Bertz CT molecular complexity index is 433. The summed E-state index contributed by atoms with van der Waals surface area (Å²) < 4.78 is 1.11. The Morgan fingerprint density at radius 3 is 3.00 bits per heavy atom. The predicted molar refractivity (Wildman–Crippen MR) is 54.8 cm³/mol. The summed E-state index contributed by atoms with van der Waals surface area (Å²) in [6.07, 6.45) is 1.86. The molecule has 3 nitrogen and oxygen atoms in total. The Labute approximate surface area is 80.6 Å². The molecule has 1 unspecified atom stereocenters. The lowest BCUT2D eigenvalue weighted by molar-refractivity contribution is 0.810. The summed E-state index contributed by atoms with van der Waals surface area (Å²) in [4.78, 5) is 8.64. The zero-order valence-electron chi connectivity index (χ0n) is 7.61. The maximum absolute atomic E-state index is 5.74. The first kappa shape index (κ1) is 8.59. The largest absolute Gasteiger partial charge is 0.322 e. The van der Waals surface area contributed by atoms with Crippen molar-refractivity contribution < 1.29 is 0 Å². The summed E-state index contributed by atoms with van der Waals surface area (Å²) in [6, 6.07) is 2.00. The van der Waals surface area contributed by atoms with E-state index in [0.29, 0.717) is 0 Å². The predicted octanol–water partition coefficient (Wildman–Crippen LogP) is 2.02. The first-order valence-corrected chi connectivity index (χ1v) is 4.97. The molecule has 2 heterocycles. The van der Waals surface area contributed by atoms with Crippen molar-refractivity contribution in [2.45, 2.75) is 19.9 Å². The van der Waals surface area contributed by atoms with Crippen molar-refractivity contribution in [2.24, 2.45) is 5.73 Å². The van der Waals surface area contributed by atoms with Gasteiger partial charge in [0, 0.05) is 11.9 Å². The van der Waals surface area contributed by atoms with Gasteiger partial charge in [0.15, 0.2) is 0 Å². The van der Waals surface area contributed by atoms with E-state index in [1.807, 2.05) is 26.1 Å². The summed E-state index contributed by atoms with van der Waals surface area (Å²) >= 11 is 1.62. The van der Waals surface area contributed by atoms with Crippen molar-refractivity contribution in [1.82, 2.24) is 9.97 Å². The highest BCUT2D eigenvalue weighted by Crippen LogP contribution is 2.24. The molecule has 4 heteroatoms. The summed E-state index contributed by atoms with van der Waals surface area (Å²) in [7, 11) is 0. The Kier molecular flexibility index (Phi) is 2.01. The zero-order valence-corrected chi connectivity index (χ0v) is 8.43. The molecule has 0 fully saturated rings. The maximum Gasteiger partial charge on any atom is 0.110 e. The highest BCUT2D eigenvalue weighted by molar-refractivity contribution is 7.18. The van der Waals surface area contributed by atoms with Crippen molar-refractivity contribution in [2.75, 3.05) is 0 Å². The van der Waals surface area contributed by atoms with Gasteiger partial charge in [0.05, 0.1) is 16.3 Å². The van der Waals surface area contributed by atoms with Gasteiger partial charge in [0.2, 0.25) is 0 Å². The van der Waals surface area contributed by atoms with Crippen LogP contribution in [-0.2, 0) is 0 Å². The van der Waals surface area contributed by atoms with Gasteiger partial charge >= 0.3 is 0 Å². The average molecular weight is 193 g/mol. The quantitative estimate of drug-likeness (QED) is 0.753. The maximum atomic E-state index is 5.74. The molecule has 2 aromatic rings. The van der Waals surface area contributed by atoms with Crippen LogP contribution in [0.2, 0.25) is 0 Å². The summed E-state index contributed by atoms with van der Waals surface area (Å²) in [5.41, 5.74) is 7.74. The molecular formula is C9H11N3S. The van der Waals surface area contributed by atoms with E-state index in [-0.39, 0.29) is 6.04 Å². The Morgan fingerprint density at radius 1 is 1.54 bits per heavy atom. The van der Waals surface area contributed by atoms with Crippen LogP contribution in [0.25, 0.3) is 10.2 Å². The molecule has 0 saturated heterocycles. The molecule has 1 atom stereocenters. The Balaban J connectivity index is 2.62. The fraction of sp³-hybridized carbons (Fsp3) is 0.333. The lowest BCUT2D eigenvalue weighted by Crippen LogP contribution is -2.03. The van der Waals surface area contributed by atoms with Crippen LogP contribution in [0.1, 0.15) is 23.7 Å².